The summed E-state index contributed by atoms with van der Waals surface area (Å²) in [5, 5.41) is 1.33. The predicted octanol–water partition coefficient (Wildman–Crippen LogP) is -0.192. The molecule has 4 heteroatoms. The Kier molecular flexibility index (Phi) is 4.12. The monoisotopic (exact) mass is 453 g/mol. The first-order valence-electron chi connectivity index (χ1n) is 5.44. The Hall–Kier alpha value is -0.110. The van der Waals surface area contributed by atoms with Gasteiger partial charge in [-0.05, 0) is 18.6 Å². The standard InChI is InChI=1S/C13H13INO.HI/c1-9-6-13-15(10(7-14)8-16-13)12-5-3-2-4-11(9)12;/h2-6,10H,7-8H2,1H3;1H/q+1;/p-1. The van der Waals surface area contributed by atoms with E-state index in [9.17, 15) is 0 Å². The first-order chi connectivity index (χ1) is 7.81. The number of para-hydroxylation sites is 1. The summed E-state index contributed by atoms with van der Waals surface area (Å²) in [6, 6.07) is 11.2. The zero-order valence-corrected chi connectivity index (χ0v) is 13.8. The second-order valence-electron chi connectivity index (χ2n) is 4.17. The van der Waals surface area contributed by atoms with Crippen molar-refractivity contribution >= 4 is 33.5 Å². The van der Waals surface area contributed by atoms with E-state index < -0.39 is 0 Å². The predicted molar refractivity (Wildman–Crippen MR) is 72.3 cm³/mol. The van der Waals surface area contributed by atoms with Crippen molar-refractivity contribution in [1.29, 1.82) is 0 Å². The molecule has 0 fully saturated rings. The molecule has 90 valence electrons. The number of alkyl halides is 1. The lowest BCUT2D eigenvalue weighted by Crippen LogP contribution is -3.00. The van der Waals surface area contributed by atoms with Crippen LogP contribution in [0.1, 0.15) is 11.6 Å². The average molecular weight is 453 g/mol. The fraction of sp³-hybridized carbons (Fsp3) is 0.308. The van der Waals surface area contributed by atoms with Crippen LogP contribution in [0.25, 0.3) is 10.9 Å². The van der Waals surface area contributed by atoms with E-state index in [4.69, 9.17) is 4.74 Å². The van der Waals surface area contributed by atoms with Crippen LogP contribution in [0, 0.1) is 6.92 Å². The molecule has 0 saturated heterocycles. The molecule has 0 N–H and O–H groups in total. The third-order valence-corrected chi connectivity index (χ3v) is 4.15. The number of pyridine rings is 1. The fourth-order valence-electron chi connectivity index (χ4n) is 2.33. The van der Waals surface area contributed by atoms with Gasteiger partial charge in [0.2, 0.25) is 11.6 Å². The van der Waals surface area contributed by atoms with Crippen molar-refractivity contribution in [1.82, 2.24) is 0 Å². The Morgan fingerprint density at radius 1 is 1.41 bits per heavy atom. The van der Waals surface area contributed by atoms with Crippen molar-refractivity contribution in [2.75, 3.05) is 11.0 Å². The van der Waals surface area contributed by atoms with E-state index in [0.29, 0.717) is 6.04 Å². The minimum atomic E-state index is 0. The number of aromatic nitrogens is 1. The van der Waals surface area contributed by atoms with Gasteiger partial charge in [-0.15, -0.1) is 0 Å². The highest BCUT2D eigenvalue weighted by atomic mass is 127. The van der Waals surface area contributed by atoms with Gasteiger partial charge < -0.3 is 28.7 Å². The number of aryl methyl sites for hydroxylation is 1. The van der Waals surface area contributed by atoms with Crippen molar-refractivity contribution in [2.24, 2.45) is 0 Å². The molecule has 0 radical (unpaired) electrons. The fourth-order valence-corrected chi connectivity index (χ4v) is 2.97. The highest BCUT2D eigenvalue weighted by Crippen LogP contribution is 2.26. The summed E-state index contributed by atoms with van der Waals surface area (Å²) in [5.41, 5.74) is 2.58. The lowest BCUT2D eigenvalue weighted by atomic mass is 10.1. The molecule has 0 spiro atoms. The second-order valence-corrected chi connectivity index (χ2v) is 5.05. The third-order valence-electron chi connectivity index (χ3n) is 3.13. The zero-order valence-electron chi connectivity index (χ0n) is 9.49. The summed E-state index contributed by atoms with van der Waals surface area (Å²) >= 11 is 2.43. The maximum absolute atomic E-state index is 5.75. The molecule has 1 unspecified atom stereocenters. The van der Waals surface area contributed by atoms with E-state index in [0.717, 1.165) is 16.9 Å². The first kappa shape index (κ1) is 13.3. The van der Waals surface area contributed by atoms with Crippen molar-refractivity contribution in [2.45, 2.75) is 13.0 Å². The minimum Gasteiger partial charge on any atom is -1.00 e. The number of hydrogen-bond donors (Lipinski definition) is 0. The minimum absolute atomic E-state index is 0. The van der Waals surface area contributed by atoms with Crippen molar-refractivity contribution in [3.63, 3.8) is 0 Å². The zero-order chi connectivity index (χ0) is 11.1. The molecule has 0 saturated carbocycles. The van der Waals surface area contributed by atoms with Crippen LogP contribution in [0.3, 0.4) is 0 Å². The van der Waals surface area contributed by atoms with Gasteiger partial charge in [-0.2, -0.15) is 4.57 Å². The Morgan fingerprint density at radius 3 is 2.94 bits per heavy atom. The van der Waals surface area contributed by atoms with E-state index in [1.165, 1.54) is 16.5 Å². The highest BCUT2D eigenvalue weighted by molar-refractivity contribution is 14.1. The Labute approximate surface area is 132 Å². The van der Waals surface area contributed by atoms with Crippen molar-refractivity contribution in [3.8, 4) is 5.88 Å². The molecule has 1 aliphatic rings. The van der Waals surface area contributed by atoms with Crippen LogP contribution in [-0.4, -0.2) is 11.0 Å². The molecule has 1 aliphatic heterocycles. The molecule has 1 atom stereocenters. The molecule has 1 aromatic heterocycles. The van der Waals surface area contributed by atoms with Gasteiger partial charge >= 0.3 is 5.88 Å². The second kappa shape index (κ2) is 5.26. The van der Waals surface area contributed by atoms with Crippen LogP contribution in [0.4, 0.5) is 0 Å². The molecule has 17 heavy (non-hydrogen) atoms. The number of ether oxygens (including phenoxy) is 1. The Bertz CT molecular complexity index is 556. The third kappa shape index (κ3) is 2.14. The molecule has 0 bridgehead atoms. The van der Waals surface area contributed by atoms with Gasteiger partial charge in [-0.1, -0.05) is 34.7 Å². The highest BCUT2D eigenvalue weighted by Gasteiger charge is 2.33. The van der Waals surface area contributed by atoms with Crippen LogP contribution in [0.2, 0.25) is 0 Å². The van der Waals surface area contributed by atoms with E-state index >= 15 is 0 Å². The van der Waals surface area contributed by atoms with Gasteiger partial charge in [0.05, 0.1) is 10.5 Å². The largest absolute Gasteiger partial charge is 1.00 e. The summed E-state index contributed by atoms with van der Waals surface area (Å²) in [4.78, 5) is 0. The van der Waals surface area contributed by atoms with Gasteiger partial charge in [0.25, 0.3) is 0 Å². The number of fused-ring (bicyclic) bond motifs is 3. The molecule has 3 rings (SSSR count). The molecule has 1 aromatic carbocycles. The van der Waals surface area contributed by atoms with Gasteiger partial charge in [-0.25, -0.2) is 0 Å². The van der Waals surface area contributed by atoms with E-state index in [1.807, 2.05) is 0 Å². The number of halogens is 2. The summed E-state index contributed by atoms with van der Waals surface area (Å²) in [5.74, 6) is 1.01. The lowest BCUT2D eigenvalue weighted by Gasteiger charge is -2.04. The van der Waals surface area contributed by atoms with Crippen molar-refractivity contribution in [3.05, 3.63) is 35.9 Å². The normalized spacial score (nSPS) is 17.4. The molecule has 2 nitrogen and oxygen atoms in total. The smallest absolute Gasteiger partial charge is 0.369 e. The number of rotatable bonds is 1. The summed E-state index contributed by atoms with van der Waals surface area (Å²) < 4.78 is 9.16. The summed E-state index contributed by atoms with van der Waals surface area (Å²) in [7, 11) is 0. The number of benzene rings is 1. The van der Waals surface area contributed by atoms with Gasteiger partial charge in [-0.3, -0.25) is 0 Å². The van der Waals surface area contributed by atoms with Crippen LogP contribution < -0.4 is 33.3 Å². The topological polar surface area (TPSA) is 13.1 Å². The van der Waals surface area contributed by atoms with Gasteiger partial charge in [0.15, 0.2) is 6.61 Å². The summed E-state index contributed by atoms with van der Waals surface area (Å²) in [6.07, 6.45) is 0. The first-order valence-corrected chi connectivity index (χ1v) is 6.96. The average Bonchev–Trinajstić information content (AvgIpc) is 2.72. The molecule has 0 amide bonds. The van der Waals surface area contributed by atoms with Gasteiger partial charge in [0.1, 0.15) is 0 Å². The SMILES string of the molecule is Cc1cc2[n+](c3ccccc13)C(CI)CO2.[I-]. The maximum atomic E-state index is 5.75. The lowest BCUT2D eigenvalue weighted by molar-refractivity contribution is -0.674. The molecular formula is C13H13I2NO. The summed E-state index contributed by atoms with van der Waals surface area (Å²) in [6.45, 7) is 2.94. The number of nitrogens with zero attached hydrogens (tertiary/aromatic N) is 1. The van der Waals surface area contributed by atoms with Crippen molar-refractivity contribution < 1.29 is 33.3 Å². The quantitative estimate of drug-likeness (QED) is 0.332. The van der Waals surface area contributed by atoms with Crippen LogP contribution >= 0.6 is 22.6 Å². The molecular weight excluding hydrogens is 440 g/mol. The molecule has 2 aromatic rings. The van der Waals surface area contributed by atoms with E-state index in [1.54, 1.807) is 0 Å². The maximum Gasteiger partial charge on any atom is 0.369 e. The van der Waals surface area contributed by atoms with E-state index in [2.05, 4.69) is 64.4 Å². The molecule has 2 heterocycles. The van der Waals surface area contributed by atoms with Gasteiger partial charge in [0, 0.05) is 11.5 Å². The Morgan fingerprint density at radius 2 is 2.18 bits per heavy atom. The van der Waals surface area contributed by atoms with E-state index in [-0.39, 0.29) is 24.0 Å². The Balaban J connectivity index is 0.00000108. The number of hydrogen-bond acceptors (Lipinski definition) is 1. The van der Waals surface area contributed by atoms with Crippen LogP contribution in [-0.2, 0) is 0 Å². The molecule has 0 aliphatic carbocycles. The van der Waals surface area contributed by atoms with Crippen LogP contribution in [0.15, 0.2) is 30.3 Å². The van der Waals surface area contributed by atoms with Crippen LogP contribution in [0.5, 0.6) is 5.88 Å².